The second kappa shape index (κ2) is 5.73. The van der Waals surface area contributed by atoms with Crippen LogP contribution in [0, 0.1) is 6.92 Å². The zero-order valence-electron chi connectivity index (χ0n) is 12.1. The van der Waals surface area contributed by atoms with Crippen LogP contribution in [0.15, 0.2) is 46.2 Å². The maximum Gasteiger partial charge on any atom is 0.247 e. The molecule has 6 heteroatoms. The molecule has 21 heavy (non-hydrogen) atoms. The van der Waals surface area contributed by atoms with Crippen molar-refractivity contribution in [3.05, 3.63) is 48.1 Å². The summed E-state index contributed by atoms with van der Waals surface area (Å²) in [6.07, 6.45) is 3.70. The minimum absolute atomic E-state index is 0.0535. The van der Waals surface area contributed by atoms with Crippen molar-refractivity contribution in [1.29, 1.82) is 0 Å². The monoisotopic (exact) mass is 300 g/mol. The number of rotatable bonds is 4. The number of hydrogen-bond acceptors (Lipinski definition) is 5. The van der Waals surface area contributed by atoms with Crippen LogP contribution in [-0.4, -0.2) is 19.7 Å². The highest BCUT2D eigenvalue weighted by Gasteiger charge is 2.17. The van der Waals surface area contributed by atoms with Crippen LogP contribution in [-0.2, 0) is 7.05 Å². The third kappa shape index (κ3) is 3.00. The van der Waals surface area contributed by atoms with E-state index in [9.17, 15) is 0 Å². The first kappa shape index (κ1) is 13.9. The van der Waals surface area contributed by atoms with Crippen molar-refractivity contribution < 1.29 is 4.42 Å². The average Bonchev–Trinajstić information content (AvgIpc) is 3.10. The summed E-state index contributed by atoms with van der Waals surface area (Å²) in [5, 5.41) is 9.26. The number of hydrogen-bond donors (Lipinski definition) is 0. The molecule has 0 N–H and O–H groups in total. The van der Waals surface area contributed by atoms with Gasteiger partial charge in [-0.25, -0.2) is 4.98 Å². The van der Waals surface area contributed by atoms with Gasteiger partial charge in [-0.2, -0.15) is 0 Å². The van der Waals surface area contributed by atoms with Crippen molar-refractivity contribution in [1.82, 2.24) is 19.7 Å². The Morgan fingerprint density at radius 2 is 1.95 bits per heavy atom. The fourth-order valence-corrected chi connectivity index (χ4v) is 2.75. The summed E-state index contributed by atoms with van der Waals surface area (Å²) >= 11 is 1.60. The Morgan fingerprint density at radius 1 is 1.19 bits per heavy atom. The van der Waals surface area contributed by atoms with Crippen LogP contribution in [0.4, 0.5) is 0 Å². The van der Waals surface area contributed by atoms with Gasteiger partial charge in [-0.05, 0) is 26.0 Å². The highest BCUT2D eigenvalue weighted by molar-refractivity contribution is 7.99. The molecular weight excluding hydrogens is 284 g/mol. The lowest BCUT2D eigenvalue weighted by atomic mass is 10.1. The van der Waals surface area contributed by atoms with E-state index in [2.05, 4.69) is 22.1 Å². The molecule has 1 aromatic carbocycles. The molecule has 5 nitrogen and oxygen atoms in total. The summed E-state index contributed by atoms with van der Waals surface area (Å²) in [4.78, 5) is 4.29. The summed E-state index contributed by atoms with van der Waals surface area (Å²) in [6.45, 7) is 4.08. The largest absolute Gasteiger partial charge is 0.419 e. The van der Waals surface area contributed by atoms with E-state index in [0.29, 0.717) is 11.8 Å². The normalized spacial score (nSPS) is 12.5. The molecule has 0 amide bonds. The number of thioether (sulfide) groups is 1. The molecule has 0 radical (unpaired) electrons. The minimum atomic E-state index is 0.0535. The van der Waals surface area contributed by atoms with E-state index in [-0.39, 0.29) is 5.25 Å². The predicted molar refractivity (Wildman–Crippen MR) is 82.0 cm³/mol. The van der Waals surface area contributed by atoms with Crippen LogP contribution < -0.4 is 0 Å². The van der Waals surface area contributed by atoms with E-state index in [1.54, 1.807) is 18.0 Å². The fourth-order valence-electron chi connectivity index (χ4n) is 1.89. The van der Waals surface area contributed by atoms with Crippen molar-refractivity contribution in [2.24, 2.45) is 7.05 Å². The molecule has 0 bridgehead atoms. The second-order valence-electron chi connectivity index (χ2n) is 4.89. The van der Waals surface area contributed by atoms with Crippen molar-refractivity contribution in [3.8, 4) is 11.5 Å². The van der Waals surface area contributed by atoms with Crippen LogP contribution in [0.1, 0.15) is 23.6 Å². The summed E-state index contributed by atoms with van der Waals surface area (Å²) in [6, 6.07) is 8.04. The van der Waals surface area contributed by atoms with Gasteiger partial charge >= 0.3 is 0 Å². The maximum absolute atomic E-state index is 5.78. The Labute approximate surface area is 127 Å². The second-order valence-corrected chi connectivity index (χ2v) is 6.20. The van der Waals surface area contributed by atoms with Crippen molar-refractivity contribution >= 4 is 11.8 Å². The van der Waals surface area contributed by atoms with Crippen LogP contribution in [0.2, 0.25) is 0 Å². The molecule has 108 valence electrons. The lowest BCUT2D eigenvalue weighted by Crippen LogP contribution is -1.94. The molecule has 0 aliphatic carbocycles. The number of benzene rings is 1. The van der Waals surface area contributed by atoms with Crippen LogP contribution >= 0.6 is 11.8 Å². The molecule has 2 aromatic heterocycles. The first-order valence-electron chi connectivity index (χ1n) is 6.68. The number of aromatic nitrogens is 4. The first-order chi connectivity index (χ1) is 10.1. The molecule has 1 atom stereocenters. The predicted octanol–water partition coefficient (Wildman–Crippen LogP) is 3.63. The lowest BCUT2D eigenvalue weighted by Gasteiger charge is -2.05. The number of aryl methyl sites for hydroxylation is 2. The van der Waals surface area contributed by atoms with E-state index in [1.165, 1.54) is 5.56 Å². The van der Waals surface area contributed by atoms with Gasteiger partial charge in [0.1, 0.15) is 0 Å². The van der Waals surface area contributed by atoms with Gasteiger partial charge in [0, 0.05) is 25.0 Å². The van der Waals surface area contributed by atoms with Crippen molar-refractivity contribution in [3.63, 3.8) is 0 Å². The van der Waals surface area contributed by atoms with Gasteiger partial charge in [-0.15, -0.1) is 10.2 Å². The maximum atomic E-state index is 5.78. The first-order valence-corrected chi connectivity index (χ1v) is 7.56. The quantitative estimate of drug-likeness (QED) is 0.689. The van der Waals surface area contributed by atoms with Crippen molar-refractivity contribution in [2.75, 3.05) is 0 Å². The van der Waals surface area contributed by atoms with Gasteiger partial charge in [-0.3, -0.25) is 0 Å². The van der Waals surface area contributed by atoms with Gasteiger partial charge in [0.2, 0.25) is 11.8 Å². The highest BCUT2D eigenvalue weighted by Crippen LogP contribution is 2.33. The Morgan fingerprint density at radius 3 is 2.62 bits per heavy atom. The Balaban J connectivity index is 1.78. The van der Waals surface area contributed by atoms with E-state index in [4.69, 9.17) is 4.42 Å². The van der Waals surface area contributed by atoms with Crippen LogP contribution in [0.25, 0.3) is 11.5 Å². The zero-order chi connectivity index (χ0) is 14.8. The molecule has 0 fully saturated rings. The third-order valence-corrected chi connectivity index (χ3v) is 4.31. The van der Waals surface area contributed by atoms with Crippen LogP contribution in [0.5, 0.6) is 0 Å². The van der Waals surface area contributed by atoms with Gasteiger partial charge in [0.05, 0.1) is 5.25 Å². The topological polar surface area (TPSA) is 56.7 Å². The molecule has 2 heterocycles. The van der Waals surface area contributed by atoms with Gasteiger partial charge in [0.15, 0.2) is 5.16 Å². The Bertz CT molecular complexity index is 732. The van der Waals surface area contributed by atoms with Gasteiger partial charge in [0.25, 0.3) is 0 Å². The summed E-state index contributed by atoms with van der Waals surface area (Å²) in [7, 11) is 1.97. The smallest absolute Gasteiger partial charge is 0.247 e. The zero-order valence-corrected chi connectivity index (χ0v) is 13.0. The Kier molecular flexibility index (Phi) is 3.79. The fraction of sp³-hybridized carbons (Fsp3) is 0.267. The average molecular weight is 300 g/mol. The van der Waals surface area contributed by atoms with Gasteiger partial charge in [-0.1, -0.05) is 29.5 Å². The summed E-state index contributed by atoms with van der Waals surface area (Å²) < 4.78 is 7.75. The number of nitrogens with zero attached hydrogens (tertiary/aromatic N) is 4. The van der Waals surface area contributed by atoms with E-state index in [1.807, 2.05) is 49.0 Å². The highest BCUT2D eigenvalue weighted by atomic mass is 32.2. The van der Waals surface area contributed by atoms with E-state index < -0.39 is 0 Å². The third-order valence-electron chi connectivity index (χ3n) is 3.15. The molecule has 3 rings (SSSR count). The molecule has 1 unspecified atom stereocenters. The van der Waals surface area contributed by atoms with Crippen molar-refractivity contribution in [2.45, 2.75) is 24.3 Å². The molecule has 0 spiro atoms. The minimum Gasteiger partial charge on any atom is -0.419 e. The molecule has 3 aromatic rings. The van der Waals surface area contributed by atoms with E-state index >= 15 is 0 Å². The molecule has 0 saturated carbocycles. The Hall–Kier alpha value is -2.08. The summed E-state index contributed by atoms with van der Waals surface area (Å²) in [5.41, 5.74) is 2.14. The lowest BCUT2D eigenvalue weighted by molar-refractivity contribution is 0.508. The summed E-state index contributed by atoms with van der Waals surface area (Å²) in [5.74, 6) is 1.16. The molecule has 0 saturated heterocycles. The molecular formula is C15H16N4OS. The SMILES string of the molecule is Cc1ccc(-c2nnc(C(C)Sc3nccn3C)o2)cc1. The standard InChI is InChI=1S/C15H16N4OS/c1-10-4-6-12(7-5-10)14-18-17-13(20-14)11(2)21-15-16-8-9-19(15)3/h4-9,11H,1-3H3. The molecule has 0 aliphatic rings. The van der Waals surface area contributed by atoms with Crippen LogP contribution in [0.3, 0.4) is 0 Å². The number of imidazole rings is 1. The van der Waals surface area contributed by atoms with Gasteiger partial charge < -0.3 is 8.98 Å². The van der Waals surface area contributed by atoms with E-state index in [0.717, 1.165) is 10.7 Å². The molecule has 0 aliphatic heterocycles.